The van der Waals surface area contributed by atoms with Gasteiger partial charge in [0.1, 0.15) is 22.7 Å². The van der Waals surface area contributed by atoms with Gasteiger partial charge in [-0.2, -0.15) is 0 Å². The maximum Gasteiger partial charge on any atom is 0.329 e. The Kier molecular flexibility index (Phi) is 14.4. The summed E-state index contributed by atoms with van der Waals surface area (Å²) in [6.45, 7) is 9.85. The van der Waals surface area contributed by atoms with Crippen LogP contribution in [0.3, 0.4) is 0 Å². The summed E-state index contributed by atoms with van der Waals surface area (Å²) in [5.74, 6) is 1.60. The first-order chi connectivity index (χ1) is 36.4. The van der Waals surface area contributed by atoms with E-state index in [0.717, 1.165) is 116 Å². The van der Waals surface area contributed by atoms with Gasteiger partial charge >= 0.3 is 11.4 Å². The first-order valence-electron chi connectivity index (χ1n) is 25.9. The molecule has 10 aromatic rings. The molecule has 0 radical (unpaired) electrons. The van der Waals surface area contributed by atoms with Crippen molar-refractivity contribution < 1.29 is 9.53 Å². The Balaban J connectivity index is 0.000000178. The maximum atomic E-state index is 13.7. The first-order valence-corrected chi connectivity index (χ1v) is 29.4. The molecule has 386 valence electrons. The zero-order chi connectivity index (χ0) is 51.8. The van der Waals surface area contributed by atoms with E-state index in [2.05, 4.69) is 137 Å². The Morgan fingerprint density at radius 2 is 1.05 bits per heavy atom. The van der Waals surface area contributed by atoms with E-state index in [4.69, 9.17) is 24.5 Å². The van der Waals surface area contributed by atoms with Gasteiger partial charge in [0.05, 0.1) is 47.6 Å². The molecule has 75 heavy (non-hydrogen) atoms. The molecular formula is C56H60Br2N12O4Si. The van der Waals surface area contributed by atoms with Gasteiger partial charge in [-0.25, -0.2) is 29.5 Å². The number of rotatable bonds is 18. The molecule has 0 unspecified atom stereocenters. The highest BCUT2D eigenvalue weighted by Gasteiger charge is 2.50. The van der Waals surface area contributed by atoms with Crippen LogP contribution in [0.25, 0.3) is 44.4 Å². The Morgan fingerprint density at radius 1 is 0.600 bits per heavy atom. The van der Waals surface area contributed by atoms with Crippen LogP contribution >= 0.6 is 31.9 Å². The Morgan fingerprint density at radius 3 is 1.48 bits per heavy atom. The normalized spacial score (nSPS) is 14.1. The highest BCUT2D eigenvalue weighted by Crippen LogP contribution is 2.39. The zero-order valence-electron chi connectivity index (χ0n) is 42.4. The largest absolute Gasteiger partial charge is 0.407 e. The SMILES string of the molecule is CC(C)(C)[Si](OCCCCn1c(Cn2c(=O)n(C3CC3)c3ccncc32)nc2cc(Br)cnc21)(c1ccccc1)c1ccccc1.O=c1n(Cc2nc3cc(Br)cnc3n2CCCCO)c2cnccc2n1C1CC1. The highest BCUT2D eigenvalue weighted by molar-refractivity contribution is 9.10. The number of pyridine rings is 4. The number of benzene rings is 2. The van der Waals surface area contributed by atoms with Crippen molar-refractivity contribution in [3.05, 3.63) is 164 Å². The fourth-order valence-corrected chi connectivity index (χ4v) is 16.0. The van der Waals surface area contributed by atoms with E-state index < -0.39 is 8.32 Å². The average Bonchev–Trinajstić information content (AvgIpc) is 4.33. The Labute approximate surface area is 451 Å². The van der Waals surface area contributed by atoms with Gasteiger partial charge in [0.15, 0.2) is 11.3 Å². The van der Waals surface area contributed by atoms with Crippen LogP contribution in [0.1, 0.15) is 95.9 Å². The quantitative estimate of drug-likeness (QED) is 0.0645. The molecule has 0 aliphatic heterocycles. The molecule has 0 amide bonds. The van der Waals surface area contributed by atoms with Crippen LogP contribution in [-0.2, 0) is 30.6 Å². The zero-order valence-corrected chi connectivity index (χ0v) is 46.6. The minimum Gasteiger partial charge on any atom is -0.407 e. The fraction of sp³-hybridized carbons (Fsp3) is 0.357. The minimum atomic E-state index is -2.59. The minimum absolute atomic E-state index is 0.00283. The number of aliphatic hydroxyl groups excluding tert-OH is 1. The molecule has 0 atom stereocenters. The number of hydrogen-bond acceptors (Lipinski definition) is 10. The predicted octanol–water partition coefficient (Wildman–Crippen LogP) is 9.31. The fourth-order valence-electron chi connectivity index (χ4n) is 10.7. The third kappa shape index (κ3) is 10.0. The topological polar surface area (TPSA) is 171 Å². The summed E-state index contributed by atoms with van der Waals surface area (Å²) in [4.78, 5) is 54.6. The van der Waals surface area contributed by atoms with Crippen LogP contribution in [0.15, 0.2) is 141 Å². The lowest BCUT2D eigenvalue weighted by Gasteiger charge is -2.43. The summed E-state index contributed by atoms with van der Waals surface area (Å²) < 4.78 is 20.5. The van der Waals surface area contributed by atoms with E-state index in [1.165, 1.54) is 10.4 Å². The molecule has 2 saturated carbocycles. The second-order valence-electron chi connectivity index (χ2n) is 20.7. The molecule has 0 saturated heterocycles. The number of nitrogens with zero attached hydrogens (tertiary/aromatic N) is 12. The molecule has 8 heterocycles. The molecule has 8 aromatic heterocycles. The molecule has 16 nitrogen and oxygen atoms in total. The third-order valence-corrected chi connectivity index (χ3v) is 20.4. The second-order valence-corrected chi connectivity index (χ2v) is 26.8. The van der Waals surface area contributed by atoms with E-state index in [1.54, 1.807) is 35.6 Å². The van der Waals surface area contributed by atoms with Crippen molar-refractivity contribution in [3.8, 4) is 0 Å². The average molecular weight is 1150 g/mol. The van der Waals surface area contributed by atoms with Crippen LogP contribution < -0.4 is 21.8 Å². The molecule has 2 fully saturated rings. The summed E-state index contributed by atoms with van der Waals surface area (Å²) in [7, 11) is -2.59. The molecular weight excluding hydrogens is 1090 g/mol. The lowest BCUT2D eigenvalue weighted by atomic mass is 10.2. The molecule has 0 spiro atoms. The van der Waals surface area contributed by atoms with E-state index in [1.807, 2.05) is 44.2 Å². The number of imidazole rings is 4. The number of aromatic nitrogens is 12. The van der Waals surface area contributed by atoms with Crippen LogP contribution in [-0.4, -0.2) is 83.9 Å². The maximum absolute atomic E-state index is 13.7. The van der Waals surface area contributed by atoms with Gasteiger partial charge in [-0.05, 0) is 123 Å². The lowest BCUT2D eigenvalue weighted by molar-refractivity contribution is 0.281. The van der Waals surface area contributed by atoms with Gasteiger partial charge in [-0.15, -0.1) is 0 Å². The van der Waals surface area contributed by atoms with Crippen LogP contribution in [0.5, 0.6) is 0 Å². The Hall–Kier alpha value is -6.38. The van der Waals surface area contributed by atoms with Crippen molar-refractivity contribution in [2.45, 2.75) is 115 Å². The van der Waals surface area contributed by atoms with Gasteiger partial charge in [0.25, 0.3) is 8.32 Å². The number of hydrogen-bond donors (Lipinski definition) is 1. The number of aryl methyl sites for hydroxylation is 2. The second kappa shape index (κ2) is 21.3. The van der Waals surface area contributed by atoms with Crippen LogP contribution in [0.2, 0.25) is 5.04 Å². The monoisotopic (exact) mass is 1150 g/mol. The molecule has 0 bridgehead atoms. The van der Waals surface area contributed by atoms with E-state index >= 15 is 0 Å². The van der Waals surface area contributed by atoms with Gasteiger partial charge in [-0.3, -0.25) is 28.2 Å². The van der Waals surface area contributed by atoms with E-state index in [-0.39, 0.29) is 35.1 Å². The van der Waals surface area contributed by atoms with Crippen molar-refractivity contribution >= 4 is 94.9 Å². The van der Waals surface area contributed by atoms with Crippen molar-refractivity contribution in [1.29, 1.82) is 0 Å². The number of halogens is 2. The summed E-state index contributed by atoms with van der Waals surface area (Å²) in [5, 5.41) is 11.7. The Bertz CT molecular complexity index is 3740. The molecule has 1 N–H and O–H groups in total. The summed E-state index contributed by atoms with van der Waals surface area (Å²) in [6, 6.07) is 29.9. The predicted molar refractivity (Wildman–Crippen MR) is 302 cm³/mol. The van der Waals surface area contributed by atoms with Crippen molar-refractivity contribution in [2.24, 2.45) is 0 Å². The van der Waals surface area contributed by atoms with Crippen molar-refractivity contribution in [2.75, 3.05) is 13.2 Å². The van der Waals surface area contributed by atoms with E-state index in [9.17, 15) is 9.59 Å². The standard InChI is InChI=1S/C36H39BrN6O2Si.C20H21BrN6O2/c1-36(2,3)46(28-12-6-4-7-13-28,29-14-8-5-9-15-29)45-21-11-10-20-41-33(40-30-22-26(37)23-39-34(30)41)25-42-32-24-38-19-18-31(32)43(35(42)44)27-16-17-27;21-13-9-15-19(23-10-13)25(7-1-2-8-28)18(24-15)12-26-17-11-22-6-5-16(17)27(20(26)29)14-3-4-14/h4-9,12-15,18-19,22-24,27H,10-11,16-17,20-21,25H2,1-3H3;5-6,9-11,14,28H,1-4,7-8,12H2. The molecule has 2 aliphatic carbocycles. The van der Waals surface area contributed by atoms with Gasteiger partial charge in [0.2, 0.25) is 0 Å². The van der Waals surface area contributed by atoms with E-state index in [0.29, 0.717) is 32.7 Å². The number of aliphatic hydroxyl groups is 1. The van der Waals surface area contributed by atoms with Gasteiger partial charge in [-0.1, -0.05) is 81.4 Å². The number of unbranched alkanes of at least 4 members (excludes halogenated alkanes) is 2. The van der Waals surface area contributed by atoms with Gasteiger partial charge < -0.3 is 18.7 Å². The van der Waals surface area contributed by atoms with Gasteiger partial charge in [0, 0.05) is 72.1 Å². The lowest BCUT2D eigenvalue weighted by Crippen LogP contribution is -2.66. The summed E-state index contributed by atoms with van der Waals surface area (Å²) in [5.41, 5.74) is 6.72. The molecule has 12 rings (SSSR count). The van der Waals surface area contributed by atoms with Crippen molar-refractivity contribution in [1.82, 2.24) is 57.3 Å². The van der Waals surface area contributed by atoms with Crippen LogP contribution in [0, 0.1) is 0 Å². The van der Waals surface area contributed by atoms with Crippen molar-refractivity contribution in [3.63, 3.8) is 0 Å². The molecule has 2 aromatic carbocycles. The summed E-state index contributed by atoms with van der Waals surface area (Å²) >= 11 is 7.01. The molecule has 19 heteroatoms. The third-order valence-electron chi connectivity index (χ3n) is 14.5. The van der Waals surface area contributed by atoms with Crippen LogP contribution in [0.4, 0.5) is 0 Å². The first kappa shape index (κ1) is 50.8. The molecule has 2 aliphatic rings. The smallest absolute Gasteiger partial charge is 0.329 e. The number of fused-ring (bicyclic) bond motifs is 4. The summed E-state index contributed by atoms with van der Waals surface area (Å²) in [6.07, 6.45) is 18.0. The highest BCUT2D eigenvalue weighted by atomic mass is 79.9.